The number of fused-ring (bicyclic) bond motifs is 1. The van der Waals surface area contributed by atoms with Gasteiger partial charge in [0.1, 0.15) is 11.6 Å². The van der Waals surface area contributed by atoms with E-state index in [0.29, 0.717) is 5.82 Å². The van der Waals surface area contributed by atoms with Crippen molar-refractivity contribution < 1.29 is 4.74 Å². The SMILES string of the molecule is COc1ccc(N2CCCN(c3nc(N)c4ccccc4n3)CC2)cc1. The standard InChI is InChI=1S/C20H23N5O/c1-26-16-9-7-15(8-10-16)24-11-4-12-25(14-13-24)20-22-18-6-3-2-5-17(18)19(21)23-20/h2-3,5-10H,4,11-14H2,1H3,(H2,21,22,23). The summed E-state index contributed by atoms with van der Waals surface area (Å²) in [6.07, 6.45) is 1.04. The first kappa shape index (κ1) is 16.4. The molecule has 0 aliphatic carbocycles. The van der Waals surface area contributed by atoms with Gasteiger partial charge in [0, 0.05) is 37.3 Å². The Kier molecular flexibility index (Phi) is 4.48. The molecule has 6 heteroatoms. The maximum atomic E-state index is 6.15. The Balaban J connectivity index is 1.53. The molecule has 2 N–H and O–H groups in total. The summed E-state index contributed by atoms with van der Waals surface area (Å²) < 4.78 is 5.25. The van der Waals surface area contributed by atoms with E-state index in [4.69, 9.17) is 15.5 Å². The molecule has 4 rings (SSSR count). The summed E-state index contributed by atoms with van der Waals surface area (Å²) in [4.78, 5) is 13.9. The molecule has 0 bridgehead atoms. The van der Waals surface area contributed by atoms with E-state index in [2.05, 4.69) is 26.9 Å². The molecular weight excluding hydrogens is 326 g/mol. The van der Waals surface area contributed by atoms with Gasteiger partial charge in [-0.05, 0) is 42.8 Å². The van der Waals surface area contributed by atoms with E-state index >= 15 is 0 Å². The van der Waals surface area contributed by atoms with Crippen molar-refractivity contribution in [2.24, 2.45) is 0 Å². The highest BCUT2D eigenvalue weighted by Crippen LogP contribution is 2.24. The second kappa shape index (κ2) is 7.07. The lowest BCUT2D eigenvalue weighted by molar-refractivity contribution is 0.415. The largest absolute Gasteiger partial charge is 0.497 e. The van der Waals surface area contributed by atoms with Gasteiger partial charge in [-0.1, -0.05) is 12.1 Å². The number of aromatic nitrogens is 2. The van der Waals surface area contributed by atoms with E-state index in [-0.39, 0.29) is 0 Å². The van der Waals surface area contributed by atoms with Gasteiger partial charge < -0.3 is 20.3 Å². The Labute approximate surface area is 153 Å². The molecule has 0 unspecified atom stereocenters. The molecule has 1 saturated heterocycles. The van der Waals surface area contributed by atoms with Gasteiger partial charge in [-0.3, -0.25) is 0 Å². The van der Waals surface area contributed by atoms with Crippen LogP contribution in [-0.4, -0.2) is 43.3 Å². The third kappa shape index (κ3) is 3.22. The van der Waals surface area contributed by atoms with E-state index in [0.717, 1.165) is 55.2 Å². The summed E-state index contributed by atoms with van der Waals surface area (Å²) in [6, 6.07) is 16.1. The molecule has 1 aromatic heterocycles. The summed E-state index contributed by atoms with van der Waals surface area (Å²) in [5.41, 5.74) is 8.26. The fourth-order valence-electron chi connectivity index (χ4n) is 3.40. The zero-order valence-corrected chi connectivity index (χ0v) is 14.9. The second-order valence-corrected chi connectivity index (χ2v) is 6.45. The smallest absolute Gasteiger partial charge is 0.227 e. The number of benzene rings is 2. The number of rotatable bonds is 3. The number of methoxy groups -OCH3 is 1. The zero-order valence-electron chi connectivity index (χ0n) is 14.9. The van der Waals surface area contributed by atoms with Crippen LogP contribution in [0.3, 0.4) is 0 Å². The molecule has 0 radical (unpaired) electrons. The molecule has 1 aliphatic heterocycles. The number of anilines is 3. The van der Waals surface area contributed by atoms with Gasteiger partial charge >= 0.3 is 0 Å². The summed E-state index contributed by atoms with van der Waals surface area (Å²) in [7, 11) is 1.69. The minimum Gasteiger partial charge on any atom is -0.497 e. The molecule has 0 saturated carbocycles. The van der Waals surface area contributed by atoms with Crippen LogP contribution in [0, 0.1) is 0 Å². The lowest BCUT2D eigenvalue weighted by Gasteiger charge is -2.24. The molecule has 1 fully saturated rings. The fourth-order valence-corrected chi connectivity index (χ4v) is 3.40. The van der Waals surface area contributed by atoms with Crippen molar-refractivity contribution in [1.82, 2.24) is 9.97 Å². The van der Waals surface area contributed by atoms with Gasteiger partial charge in [0.2, 0.25) is 5.95 Å². The average Bonchev–Trinajstić information content (AvgIpc) is 2.94. The van der Waals surface area contributed by atoms with Crippen LogP contribution in [0.4, 0.5) is 17.5 Å². The van der Waals surface area contributed by atoms with Crippen LogP contribution in [0.25, 0.3) is 10.9 Å². The van der Waals surface area contributed by atoms with Crippen molar-refractivity contribution in [2.75, 3.05) is 48.8 Å². The summed E-state index contributed by atoms with van der Waals surface area (Å²) in [6.45, 7) is 3.71. The van der Waals surface area contributed by atoms with Crippen LogP contribution in [-0.2, 0) is 0 Å². The van der Waals surface area contributed by atoms with E-state index in [1.54, 1.807) is 7.11 Å². The lowest BCUT2D eigenvalue weighted by Crippen LogP contribution is -2.31. The number of para-hydroxylation sites is 1. The first-order valence-electron chi connectivity index (χ1n) is 8.91. The number of ether oxygens (including phenoxy) is 1. The molecule has 0 amide bonds. The molecule has 2 heterocycles. The van der Waals surface area contributed by atoms with Gasteiger partial charge in [-0.15, -0.1) is 0 Å². The van der Waals surface area contributed by atoms with Crippen molar-refractivity contribution >= 4 is 28.4 Å². The number of nitrogens with zero attached hydrogens (tertiary/aromatic N) is 4. The van der Waals surface area contributed by atoms with Crippen LogP contribution >= 0.6 is 0 Å². The summed E-state index contributed by atoms with van der Waals surface area (Å²) in [5, 5.41) is 0.908. The van der Waals surface area contributed by atoms with Gasteiger partial charge in [0.15, 0.2) is 0 Å². The Bertz CT molecular complexity index is 896. The van der Waals surface area contributed by atoms with Gasteiger partial charge in [-0.25, -0.2) is 4.98 Å². The van der Waals surface area contributed by atoms with E-state index in [1.165, 1.54) is 5.69 Å². The maximum Gasteiger partial charge on any atom is 0.227 e. The Morgan fingerprint density at radius 3 is 2.42 bits per heavy atom. The molecule has 0 atom stereocenters. The highest BCUT2D eigenvalue weighted by atomic mass is 16.5. The van der Waals surface area contributed by atoms with Crippen molar-refractivity contribution in [3.63, 3.8) is 0 Å². The van der Waals surface area contributed by atoms with Crippen molar-refractivity contribution in [1.29, 1.82) is 0 Å². The molecule has 6 nitrogen and oxygen atoms in total. The Morgan fingerprint density at radius 1 is 0.885 bits per heavy atom. The summed E-state index contributed by atoms with van der Waals surface area (Å²) in [5.74, 6) is 2.14. The Hall–Kier alpha value is -3.02. The minimum absolute atomic E-state index is 0.543. The second-order valence-electron chi connectivity index (χ2n) is 6.45. The van der Waals surface area contributed by atoms with Crippen LogP contribution in [0.15, 0.2) is 48.5 Å². The topological polar surface area (TPSA) is 67.5 Å². The van der Waals surface area contributed by atoms with Crippen LogP contribution in [0.1, 0.15) is 6.42 Å². The minimum atomic E-state index is 0.543. The summed E-state index contributed by atoms with van der Waals surface area (Å²) >= 11 is 0. The molecule has 3 aromatic rings. The predicted octanol–water partition coefficient (Wildman–Crippen LogP) is 2.94. The molecular formula is C20H23N5O. The molecule has 1 aliphatic rings. The predicted molar refractivity (Wildman–Crippen MR) is 106 cm³/mol. The third-order valence-corrected chi connectivity index (χ3v) is 4.84. The van der Waals surface area contributed by atoms with Gasteiger partial charge in [-0.2, -0.15) is 4.98 Å². The first-order valence-corrected chi connectivity index (χ1v) is 8.91. The first-order chi connectivity index (χ1) is 12.7. The quantitative estimate of drug-likeness (QED) is 0.784. The van der Waals surface area contributed by atoms with Crippen LogP contribution in [0.5, 0.6) is 5.75 Å². The Morgan fingerprint density at radius 2 is 1.62 bits per heavy atom. The normalized spacial score (nSPS) is 15.1. The van der Waals surface area contributed by atoms with Crippen LogP contribution in [0.2, 0.25) is 0 Å². The molecule has 0 spiro atoms. The maximum absolute atomic E-state index is 6.15. The van der Waals surface area contributed by atoms with Gasteiger partial charge in [0.05, 0.1) is 12.6 Å². The lowest BCUT2D eigenvalue weighted by atomic mass is 10.2. The molecule has 26 heavy (non-hydrogen) atoms. The van der Waals surface area contributed by atoms with Gasteiger partial charge in [0.25, 0.3) is 0 Å². The monoisotopic (exact) mass is 349 g/mol. The van der Waals surface area contributed by atoms with Crippen molar-refractivity contribution in [3.05, 3.63) is 48.5 Å². The number of nitrogen functional groups attached to an aromatic ring is 1. The zero-order chi connectivity index (χ0) is 17.9. The highest BCUT2D eigenvalue weighted by Gasteiger charge is 2.18. The van der Waals surface area contributed by atoms with E-state index < -0.39 is 0 Å². The van der Waals surface area contributed by atoms with Crippen LogP contribution < -0.4 is 20.3 Å². The molecule has 134 valence electrons. The fraction of sp³-hybridized carbons (Fsp3) is 0.300. The number of nitrogens with two attached hydrogens (primary N) is 1. The van der Waals surface area contributed by atoms with Crippen molar-refractivity contribution in [2.45, 2.75) is 6.42 Å². The third-order valence-electron chi connectivity index (χ3n) is 4.84. The highest BCUT2D eigenvalue weighted by molar-refractivity contribution is 5.88. The average molecular weight is 349 g/mol. The number of hydrogen-bond acceptors (Lipinski definition) is 6. The van der Waals surface area contributed by atoms with E-state index in [9.17, 15) is 0 Å². The number of hydrogen-bond donors (Lipinski definition) is 1. The molecule has 2 aromatic carbocycles. The van der Waals surface area contributed by atoms with Crippen molar-refractivity contribution in [3.8, 4) is 5.75 Å². The van der Waals surface area contributed by atoms with E-state index in [1.807, 2.05) is 36.4 Å².